The average Bonchev–Trinajstić information content (AvgIpc) is 2.65. The van der Waals surface area contributed by atoms with E-state index < -0.39 is 0 Å². The van der Waals surface area contributed by atoms with E-state index in [1.807, 2.05) is 30.3 Å². The second-order valence-corrected chi connectivity index (χ2v) is 5.65. The molecule has 3 N–H and O–H groups in total. The first-order chi connectivity index (χ1) is 12.3. The molecule has 0 saturated heterocycles. The number of rotatable bonds is 9. The van der Waals surface area contributed by atoms with Gasteiger partial charge in [0, 0.05) is 32.9 Å². The van der Waals surface area contributed by atoms with Crippen molar-refractivity contribution in [3.05, 3.63) is 60.0 Å². The fourth-order valence-corrected chi connectivity index (χ4v) is 2.34. The van der Waals surface area contributed by atoms with Gasteiger partial charge < -0.3 is 16.0 Å². The topological polar surface area (TPSA) is 61.3 Å². The van der Waals surface area contributed by atoms with Gasteiger partial charge in [0.2, 0.25) is 0 Å². The molecule has 0 amide bonds. The van der Waals surface area contributed by atoms with Gasteiger partial charge in [-0.1, -0.05) is 18.2 Å². The summed E-state index contributed by atoms with van der Waals surface area (Å²) in [6, 6.07) is 12.4. The van der Waals surface area contributed by atoms with Crippen molar-refractivity contribution in [2.45, 2.75) is 19.3 Å². The summed E-state index contributed by atoms with van der Waals surface area (Å²) in [6.45, 7) is 2.52. The van der Waals surface area contributed by atoms with Gasteiger partial charge in [-0.05, 0) is 49.1 Å². The molecule has 5 nitrogen and oxygen atoms in total. The molecule has 0 aliphatic rings. The molecule has 0 fully saturated rings. The molecule has 1 aromatic heterocycles. The number of pyridine rings is 1. The van der Waals surface area contributed by atoms with Crippen LogP contribution in [0.5, 0.6) is 0 Å². The van der Waals surface area contributed by atoms with Gasteiger partial charge in [0.15, 0.2) is 5.96 Å². The largest absolute Gasteiger partial charge is 0.370 e. The minimum absolute atomic E-state index is 0. The highest BCUT2D eigenvalue weighted by Gasteiger charge is 1.98. The SMILES string of the molecule is CN=C(NCCCCNc1ccccn1)NCCc1ccc(F)cc1.I. The monoisotopic (exact) mass is 471 g/mol. The summed E-state index contributed by atoms with van der Waals surface area (Å²) >= 11 is 0. The number of nitrogens with one attached hydrogen (secondary N) is 3. The van der Waals surface area contributed by atoms with E-state index in [0.717, 1.165) is 56.2 Å². The standard InChI is InChI=1S/C19H26FN5.HI/c1-21-19(25-15-11-16-7-9-17(20)10-8-16)24-14-5-4-13-23-18-6-2-3-12-22-18;/h2-3,6-10,12H,4-5,11,13-15H2,1H3,(H,22,23)(H2,21,24,25);1H. The van der Waals surface area contributed by atoms with Crippen LogP contribution in [-0.2, 0) is 6.42 Å². The van der Waals surface area contributed by atoms with Gasteiger partial charge in [-0.25, -0.2) is 9.37 Å². The van der Waals surface area contributed by atoms with Crippen LogP contribution in [0.3, 0.4) is 0 Å². The molecule has 7 heteroatoms. The van der Waals surface area contributed by atoms with Crippen molar-refractivity contribution in [3.8, 4) is 0 Å². The van der Waals surface area contributed by atoms with E-state index in [9.17, 15) is 4.39 Å². The van der Waals surface area contributed by atoms with Crippen LogP contribution < -0.4 is 16.0 Å². The van der Waals surface area contributed by atoms with Crippen LogP contribution in [0.15, 0.2) is 53.7 Å². The lowest BCUT2D eigenvalue weighted by molar-refractivity contribution is 0.626. The van der Waals surface area contributed by atoms with Gasteiger partial charge in [-0.2, -0.15) is 0 Å². The van der Waals surface area contributed by atoms with Gasteiger partial charge in [-0.15, -0.1) is 24.0 Å². The van der Waals surface area contributed by atoms with Gasteiger partial charge >= 0.3 is 0 Å². The molecule has 1 heterocycles. The zero-order valence-electron chi connectivity index (χ0n) is 15.0. The predicted molar refractivity (Wildman–Crippen MR) is 117 cm³/mol. The van der Waals surface area contributed by atoms with E-state index in [2.05, 4.69) is 25.9 Å². The Bertz CT molecular complexity index is 634. The molecule has 0 aliphatic carbocycles. The van der Waals surface area contributed by atoms with Gasteiger partial charge in [-0.3, -0.25) is 4.99 Å². The van der Waals surface area contributed by atoms with Crippen LogP contribution in [0.2, 0.25) is 0 Å². The highest BCUT2D eigenvalue weighted by Crippen LogP contribution is 2.03. The molecule has 0 spiro atoms. The number of hydrogen-bond acceptors (Lipinski definition) is 3. The molecule has 1 aromatic carbocycles. The van der Waals surface area contributed by atoms with Gasteiger partial charge in [0.1, 0.15) is 11.6 Å². The fraction of sp³-hybridized carbons (Fsp3) is 0.368. The number of hydrogen-bond donors (Lipinski definition) is 3. The Kier molecular flexibility index (Phi) is 11.3. The van der Waals surface area contributed by atoms with E-state index in [0.29, 0.717) is 0 Å². The number of anilines is 1. The van der Waals surface area contributed by atoms with E-state index >= 15 is 0 Å². The second-order valence-electron chi connectivity index (χ2n) is 5.65. The smallest absolute Gasteiger partial charge is 0.190 e. The Morgan fingerprint density at radius 1 is 1.00 bits per heavy atom. The maximum absolute atomic E-state index is 12.9. The summed E-state index contributed by atoms with van der Waals surface area (Å²) in [5, 5.41) is 9.86. The lowest BCUT2D eigenvalue weighted by atomic mass is 10.1. The van der Waals surface area contributed by atoms with Crippen LogP contribution in [0.4, 0.5) is 10.2 Å². The third-order valence-corrected chi connectivity index (χ3v) is 3.71. The lowest BCUT2D eigenvalue weighted by Gasteiger charge is -2.12. The number of benzene rings is 1. The van der Waals surface area contributed by atoms with Crippen molar-refractivity contribution in [1.82, 2.24) is 15.6 Å². The molecule has 142 valence electrons. The van der Waals surface area contributed by atoms with Crippen LogP contribution in [0.1, 0.15) is 18.4 Å². The molecule has 2 rings (SSSR count). The maximum atomic E-state index is 12.9. The highest BCUT2D eigenvalue weighted by molar-refractivity contribution is 14.0. The summed E-state index contributed by atoms with van der Waals surface area (Å²) in [4.78, 5) is 8.43. The minimum atomic E-state index is -0.202. The summed E-state index contributed by atoms with van der Waals surface area (Å²) < 4.78 is 12.9. The first kappa shape index (κ1) is 22.1. The Morgan fingerprint density at radius 2 is 1.73 bits per heavy atom. The first-order valence-electron chi connectivity index (χ1n) is 8.62. The molecular weight excluding hydrogens is 444 g/mol. The second kappa shape index (κ2) is 13.3. The van der Waals surface area contributed by atoms with Crippen molar-refractivity contribution in [2.75, 3.05) is 32.0 Å². The molecule has 0 saturated carbocycles. The third-order valence-electron chi connectivity index (χ3n) is 3.71. The van der Waals surface area contributed by atoms with Crippen LogP contribution in [0, 0.1) is 5.82 Å². The molecule has 0 unspecified atom stereocenters. The number of unbranched alkanes of at least 4 members (excludes halogenated alkanes) is 1. The minimum Gasteiger partial charge on any atom is -0.370 e. The van der Waals surface area contributed by atoms with Gasteiger partial charge in [0.25, 0.3) is 0 Å². The van der Waals surface area contributed by atoms with E-state index in [4.69, 9.17) is 0 Å². The van der Waals surface area contributed by atoms with Crippen molar-refractivity contribution in [3.63, 3.8) is 0 Å². The fourth-order valence-electron chi connectivity index (χ4n) is 2.34. The normalized spacial score (nSPS) is 10.8. The van der Waals surface area contributed by atoms with Crippen LogP contribution >= 0.6 is 24.0 Å². The molecular formula is C19H27FIN5. The Balaban J connectivity index is 0.00000338. The van der Waals surface area contributed by atoms with Crippen LogP contribution in [0.25, 0.3) is 0 Å². The molecule has 0 aliphatic heterocycles. The number of guanidine groups is 1. The van der Waals surface area contributed by atoms with Crippen LogP contribution in [-0.4, -0.2) is 37.6 Å². The van der Waals surface area contributed by atoms with E-state index in [1.165, 1.54) is 12.1 Å². The molecule has 2 aromatic rings. The van der Waals surface area contributed by atoms with Crippen molar-refractivity contribution < 1.29 is 4.39 Å². The van der Waals surface area contributed by atoms with Crippen molar-refractivity contribution in [1.29, 1.82) is 0 Å². The number of halogens is 2. The quantitative estimate of drug-likeness (QED) is 0.227. The third kappa shape index (κ3) is 8.98. The number of aromatic nitrogens is 1. The zero-order valence-corrected chi connectivity index (χ0v) is 17.4. The number of nitrogens with zero attached hydrogens (tertiary/aromatic N) is 2. The predicted octanol–water partition coefficient (Wildman–Crippen LogP) is 3.44. The van der Waals surface area contributed by atoms with E-state index in [-0.39, 0.29) is 29.8 Å². The lowest BCUT2D eigenvalue weighted by Crippen LogP contribution is -2.38. The van der Waals surface area contributed by atoms with Gasteiger partial charge in [0.05, 0.1) is 0 Å². The average molecular weight is 471 g/mol. The highest BCUT2D eigenvalue weighted by atomic mass is 127. The molecule has 26 heavy (non-hydrogen) atoms. The maximum Gasteiger partial charge on any atom is 0.190 e. The summed E-state index contributed by atoms with van der Waals surface area (Å²) in [6.07, 6.45) is 4.70. The Hall–Kier alpha value is -1.90. The Labute approximate surface area is 171 Å². The molecule has 0 atom stereocenters. The van der Waals surface area contributed by atoms with E-state index in [1.54, 1.807) is 13.2 Å². The summed E-state index contributed by atoms with van der Waals surface area (Å²) in [5.41, 5.74) is 1.10. The zero-order chi connectivity index (χ0) is 17.7. The summed E-state index contributed by atoms with van der Waals surface area (Å²) in [7, 11) is 1.76. The Morgan fingerprint density at radius 3 is 2.42 bits per heavy atom. The first-order valence-corrected chi connectivity index (χ1v) is 8.62. The molecule has 0 radical (unpaired) electrons. The summed E-state index contributed by atoms with van der Waals surface area (Å²) in [5.74, 6) is 1.50. The van der Waals surface area contributed by atoms with Crippen molar-refractivity contribution in [2.24, 2.45) is 4.99 Å². The van der Waals surface area contributed by atoms with Crippen molar-refractivity contribution >= 4 is 35.8 Å². The number of aliphatic imine (C=N–C) groups is 1. The molecule has 0 bridgehead atoms.